The quantitative estimate of drug-likeness (QED) is 0.626. The molecule has 1 atom stereocenters. The first-order valence-corrected chi connectivity index (χ1v) is 6.04. The van der Waals surface area contributed by atoms with E-state index in [4.69, 9.17) is 4.74 Å². The molecule has 3 heteroatoms. The normalized spacial score (nSPS) is 21.1. The van der Waals surface area contributed by atoms with Crippen LogP contribution in [0.25, 0.3) is 0 Å². The van der Waals surface area contributed by atoms with E-state index in [-0.39, 0.29) is 0 Å². The van der Waals surface area contributed by atoms with Crippen LogP contribution >= 0.6 is 10.9 Å². The average Bonchev–Trinajstić information content (AvgIpc) is 2.76. The summed E-state index contributed by atoms with van der Waals surface area (Å²) in [7, 11) is 1.01. The van der Waals surface area contributed by atoms with Crippen molar-refractivity contribution in [1.29, 1.82) is 0 Å². The number of rotatable bonds is 3. The summed E-state index contributed by atoms with van der Waals surface area (Å²) >= 11 is 0. The van der Waals surface area contributed by atoms with Crippen LogP contribution in [0.1, 0.15) is 0 Å². The molecule has 0 fully saturated rings. The molecule has 1 aromatic carbocycles. The third-order valence-electron chi connectivity index (χ3n) is 2.25. The fraction of sp³-hybridized carbons (Fsp3) is 0.0833. The zero-order chi connectivity index (χ0) is 10.7. The number of para-hydroxylation sites is 1. The number of methoxy groups -OCH3 is 1. The first-order valence-electron chi connectivity index (χ1n) is 4.62. The van der Waals surface area contributed by atoms with Crippen LogP contribution in [0.5, 0.6) is 5.75 Å². The van der Waals surface area contributed by atoms with Crippen molar-refractivity contribution in [1.82, 2.24) is 0 Å². The predicted octanol–water partition coefficient (Wildman–Crippen LogP) is 2.67. The van der Waals surface area contributed by atoms with E-state index >= 15 is 0 Å². The van der Waals surface area contributed by atoms with Gasteiger partial charge in [0.05, 0.1) is 7.11 Å². The van der Waals surface area contributed by atoms with E-state index < -0.39 is 10.9 Å². The molecular formula is C12H12O2S. The van der Waals surface area contributed by atoms with Crippen LogP contribution in [0.3, 0.4) is 0 Å². The van der Waals surface area contributed by atoms with Gasteiger partial charge in [-0.25, -0.2) is 0 Å². The number of carbonyl (C=O) groups is 1. The number of hydrogen-bond donors (Lipinski definition) is 1. The summed E-state index contributed by atoms with van der Waals surface area (Å²) in [5, 5.41) is 2.07. The molecule has 0 saturated carbocycles. The average molecular weight is 220 g/mol. The van der Waals surface area contributed by atoms with Gasteiger partial charge in [-0.3, -0.25) is 4.79 Å². The molecule has 1 aliphatic rings. The fourth-order valence-electron chi connectivity index (χ4n) is 1.54. The molecule has 1 unspecified atom stereocenters. The second-order valence-corrected chi connectivity index (χ2v) is 5.13. The summed E-state index contributed by atoms with van der Waals surface area (Å²) in [4.78, 5) is 12.8. The van der Waals surface area contributed by atoms with Crippen molar-refractivity contribution in [3.63, 3.8) is 0 Å². The van der Waals surface area contributed by atoms with E-state index in [1.165, 1.54) is 0 Å². The smallest absolute Gasteiger partial charge is 0.155 e. The van der Waals surface area contributed by atoms with Crippen LogP contribution in [0.2, 0.25) is 0 Å². The van der Waals surface area contributed by atoms with Crippen LogP contribution in [0.15, 0.2) is 51.6 Å². The molecule has 15 heavy (non-hydrogen) atoms. The molecule has 1 heterocycles. The molecule has 2 rings (SSSR count). The number of aldehydes is 1. The molecule has 0 saturated heterocycles. The lowest BCUT2D eigenvalue weighted by molar-refractivity contribution is -0.104. The maximum Gasteiger partial charge on any atom is 0.155 e. The maximum atomic E-state index is 10.9. The molecule has 0 aromatic heterocycles. The minimum atomic E-state index is -0.643. The summed E-state index contributed by atoms with van der Waals surface area (Å²) in [5.41, 5.74) is 0. The predicted molar refractivity (Wildman–Crippen MR) is 63.5 cm³/mol. The van der Waals surface area contributed by atoms with Gasteiger partial charge in [-0.05, 0) is 23.6 Å². The topological polar surface area (TPSA) is 26.3 Å². The molecule has 0 radical (unpaired) electrons. The molecule has 0 aliphatic carbocycles. The van der Waals surface area contributed by atoms with Gasteiger partial charge in [0.25, 0.3) is 0 Å². The van der Waals surface area contributed by atoms with Crippen molar-refractivity contribution in [2.75, 3.05) is 7.11 Å². The van der Waals surface area contributed by atoms with Gasteiger partial charge in [0.1, 0.15) is 5.75 Å². The Hall–Kier alpha value is -1.48. The van der Waals surface area contributed by atoms with E-state index in [1.807, 2.05) is 36.4 Å². The lowest BCUT2D eigenvalue weighted by atomic mass is 10.3. The first kappa shape index (κ1) is 10.1. The Bertz CT molecular complexity index is 435. The lowest BCUT2D eigenvalue weighted by Gasteiger charge is -2.17. The third kappa shape index (κ3) is 1.83. The van der Waals surface area contributed by atoms with Crippen LogP contribution in [-0.2, 0) is 4.79 Å². The highest BCUT2D eigenvalue weighted by Crippen LogP contribution is 2.50. The molecule has 0 bridgehead atoms. The highest BCUT2D eigenvalue weighted by Gasteiger charge is 2.15. The van der Waals surface area contributed by atoms with Gasteiger partial charge in [-0.1, -0.05) is 18.2 Å². The third-order valence-corrected chi connectivity index (χ3v) is 4.42. The zero-order valence-electron chi connectivity index (χ0n) is 8.38. The lowest BCUT2D eigenvalue weighted by Crippen LogP contribution is -1.90. The zero-order valence-corrected chi connectivity index (χ0v) is 9.28. The number of thiol groups is 1. The van der Waals surface area contributed by atoms with Gasteiger partial charge in [0, 0.05) is 9.80 Å². The standard InChI is InChI=1S/C12H12O2S/c1-14-11-6-2-3-7-12(11)15-8-4-5-10(15)9-13/h2-9,15H,1H3. The Morgan fingerprint density at radius 3 is 2.87 bits per heavy atom. The Morgan fingerprint density at radius 2 is 2.13 bits per heavy atom. The summed E-state index contributed by atoms with van der Waals surface area (Å²) in [6, 6.07) is 7.83. The highest BCUT2D eigenvalue weighted by molar-refractivity contribution is 8.23. The van der Waals surface area contributed by atoms with Gasteiger partial charge in [0.2, 0.25) is 0 Å². The molecule has 2 nitrogen and oxygen atoms in total. The van der Waals surface area contributed by atoms with E-state index in [9.17, 15) is 4.79 Å². The summed E-state index contributed by atoms with van der Waals surface area (Å²) in [6.07, 6.45) is 4.73. The monoisotopic (exact) mass is 220 g/mol. The van der Waals surface area contributed by atoms with E-state index in [0.717, 1.165) is 21.8 Å². The van der Waals surface area contributed by atoms with Crippen molar-refractivity contribution in [2.24, 2.45) is 0 Å². The fourth-order valence-corrected chi connectivity index (χ4v) is 3.42. The minimum Gasteiger partial charge on any atom is -0.496 e. The minimum absolute atomic E-state index is 0.643. The second-order valence-electron chi connectivity index (χ2n) is 3.09. The molecule has 0 amide bonds. The number of allylic oxidation sites excluding steroid dienone is 3. The van der Waals surface area contributed by atoms with Crippen molar-refractivity contribution in [3.05, 3.63) is 46.7 Å². The molecule has 78 valence electrons. The largest absolute Gasteiger partial charge is 0.496 e. The van der Waals surface area contributed by atoms with Crippen molar-refractivity contribution >= 4 is 17.2 Å². The van der Waals surface area contributed by atoms with Gasteiger partial charge in [-0.2, -0.15) is 10.9 Å². The number of ether oxygens (including phenoxy) is 1. The van der Waals surface area contributed by atoms with Crippen molar-refractivity contribution in [2.45, 2.75) is 4.90 Å². The molecule has 1 aromatic rings. The van der Waals surface area contributed by atoms with Crippen LogP contribution in [-0.4, -0.2) is 13.4 Å². The Balaban J connectivity index is 2.41. The number of carbonyl (C=O) groups excluding carboxylic acids is 1. The van der Waals surface area contributed by atoms with E-state index in [1.54, 1.807) is 7.11 Å². The van der Waals surface area contributed by atoms with Gasteiger partial charge >= 0.3 is 0 Å². The van der Waals surface area contributed by atoms with Crippen molar-refractivity contribution in [3.8, 4) is 5.75 Å². The van der Waals surface area contributed by atoms with E-state index in [2.05, 4.69) is 5.41 Å². The van der Waals surface area contributed by atoms with Crippen molar-refractivity contribution < 1.29 is 9.53 Å². The first-order chi connectivity index (χ1) is 7.36. The molecule has 0 N–H and O–H groups in total. The highest BCUT2D eigenvalue weighted by atomic mass is 32.2. The number of benzene rings is 1. The molecule has 1 aliphatic heterocycles. The van der Waals surface area contributed by atoms with Gasteiger partial charge in [-0.15, -0.1) is 0 Å². The SMILES string of the molecule is COc1ccccc1[SH]1C=CC=C1C=O. The summed E-state index contributed by atoms with van der Waals surface area (Å²) < 4.78 is 5.29. The van der Waals surface area contributed by atoms with Crippen LogP contribution in [0.4, 0.5) is 0 Å². The summed E-state index contributed by atoms with van der Waals surface area (Å²) in [6.45, 7) is 0. The Labute approximate surface area is 91.6 Å². The summed E-state index contributed by atoms with van der Waals surface area (Å²) in [5.74, 6) is 0.850. The Morgan fingerprint density at radius 1 is 1.33 bits per heavy atom. The second kappa shape index (κ2) is 4.36. The van der Waals surface area contributed by atoms with Crippen LogP contribution in [0, 0.1) is 0 Å². The number of hydrogen-bond acceptors (Lipinski definition) is 2. The molecular weight excluding hydrogens is 208 g/mol. The van der Waals surface area contributed by atoms with Gasteiger partial charge in [0.15, 0.2) is 6.29 Å². The van der Waals surface area contributed by atoms with E-state index in [0.29, 0.717) is 0 Å². The maximum absolute atomic E-state index is 10.9. The van der Waals surface area contributed by atoms with Crippen LogP contribution < -0.4 is 4.74 Å². The van der Waals surface area contributed by atoms with Gasteiger partial charge < -0.3 is 4.74 Å². The Kier molecular flexibility index (Phi) is 2.92. The molecule has 0 spiro atoms.